The molecule has 0 spiro atoms. The summed E-state index contributed by atoms with van der Waals surface area (Å²) in [6, 6.07) is 14.4. The highest BCUT2D eigenvalue weighted by Crippen LogP contribution is 2.27. The number of anilines is 1. The number of hydrogen-bond acceptors (Lipinski definition) is 3. The fraction of sp³-hybridized carbons (Fsp3) is 0.250. The van der Waals surface area contributed by atoms with Gasteiger partial charge in [-0.3, -0.25) is 0 Å². The Balaban J connectivity index is 1.74. The second kappa shape index (κ2) is 6.81. The minimum absolute atomic E-state index is 0.326. The van der Waals surface area contributed by atoms with Crippen molar-refractivity contribution in [1.29, 1.82) is 0 Å². The molecule has 2 aromatic carbocycles. The van der Waals surface area contributed by atoms with E-state index in [9.17, 15) is 8.42 Å². The third-order valence-corrected chi connectivity index (χ3v) is 6.64. The first-order valence-corrected chi connectivity index (χ1v) is 9.85. The van der Waals surface area contributed by atoms with Gasteiger partial charge in [0.15, 0.2) is 0 Å². The smallest absolute Gasteiger partial charge is 0.243 e. The van der Waals surface area contributed by atoms with Crippen LogP contribution in [0, 0.1) is 0 Å². The van der Waals surface area contributed by atoms with Crippen molar-refractivity contribution < 1.29 is 8.42 Å². The predicted molar refractivity (Wildman–Crippen MR) is 96.6 cm³/mol. The predicted octanol–water partition coefficient (Wildman–Crippen LogP) is 3.61. The molecule has 4 nitrogen and oxygen atoms in total. The minimum Gasteiger partial charge on any atom is -0.368 e. The molecule has 0 unspecified atom stereocenters. The van der Waals surface area contributed by atoms with E-state index in [-0.39, 0.29) is 0 Å². The summed E-state index contributed by atoms with van der Waals surface area (Å²) in [6.45, 7) is 2.15. The minimum atomic E-state index is -3.44. The number of hydrogen-bond donors (Lipinski definition) is 0. The second-order valence-electron chi connectivity index (χ2n) is 5.30. The monoisotopic (exact) mass is 414 g/mol. The zero-order chi connectivity index (χ0) is 16.4. The summed E-state index contributed by atoms with van der Waals surface area (Å²) in [5.41, 5.74) is 0.954. The standard InChI is InChI=1S/C16H16BrClN2O2S/c17-13-5-7-14(8-6-13)23(21,22)20-11-9-19(10-12-20)16-4-2-1-3-15(16)18/h1-8H,9-12H2. The van der Waals surface area contributed by atoms with Crippen molar-refractivity contribution >= 4 is 43.2 Å². The van der Waals surface area contributed by atoms with Crippen molar-refractivity contribution in [2.45, 2.75) is 4.90 Å². The van der Waals surface area contributed by atoms with E-state index < -0.39 is 10.0 Å². The van der Waals surface area contributed by atoms with Crippen LogP contribution < -0.4 is 4.90 Å². The Morgan fingerprint density at radius 1 is 0.913 bits per heavy atom. The number of para-hydroxylation sites is 1. The van der Waals surface area contributed by atoms with Crippen molar-refractivity contribution in [3.8, 4) is 0 Å². The lowest BCUT2D eigenvalue weighted by Gasteiger charge is -2.35. The van der Waals surface area contributed by atoms with Gasteiger partial charge in [-0.1, -0.05) is 39.7 Å². The summed E-state index contributed by atoms with van der Waals surface area (Å²) in [4.78, 5) is 2.45. The molecular weight excluding hydrogens is 400 g/mol. The normalized spacial score (nSPS) is 16.5. The van der Waals surface area contributed by atoms with Gasteiger partial charge in [-0.15, -0.1) is 0 Å². The molecular formula is C16H16BrClN2O2S. The molecule has 1 fully saturated rings. The Labute approximate surface area is 149 Å². The molecule has 1 aliphatic rings. The van der Waals surface area contributed by atoms with E-state index in [1.54, 1.807) is 24.3 Å². The van der Waals surface area contributed by atoms with E-state index in [1.165, 1.54) is 4.31 Å². The summed E-state index contributed by atoms with van der Waals surface area (Å²) < 4.78 is 27.7. The van der Waals surface area contributed by atoms with Gasteiger partial charge in [0, 0.05) is 30.7 Å². The van der Waals surface area contributed by atoms with E-state index in [0.717, 1.165) is 10.2 Å². The molecule has 2 aromatic rings. The number of nitrogens with zero attached hydrogens (tertiary/aromatic N) is 2. The SMILES string of the molecule is O=S(=O)(c1ccc(Br)cc1)N1CCN(c2ccccc2Cl)CC1. The van der Waals surface area contributed by atoms with Crippen molar-refractivity contribution in [3.05, 3.63) is 58.0 Å². The topological polar surface area (TPSA) is 40.6 Å². The van der Waals surface area contributed by atoms with Crippen molar-refractivity contribution in [2.75, 3.05) is 31.1 Å². The summed E-state index contributed by atoms with van der Waals surface area (Å²) >= 11 is 9.54. The molecule has 0 atom stereocenters. The van der Waals surface area contributed by atoms with E-state index >= 15 is 0 Å². The lowest BCUT2D eigenvalue weighted by Crippen LogP contribution is -2.48. The molecule has 122 valence electrons. The van der Waals surface area contributed by atoms with Crippen molar-refractivity contribution in [2.24, 2.45) is 0 Å². The molecule has 0 bridgehead atoms. The highest BCUT2D eigenvalue weighted by molar-refractivity contribution is 9.10. The molecule has 0 N–H and O–H groups in total. The number of halogens is 2. The largest absolute Gasteiger partial charge is 0.368 e. The van der Waals surface area contributed by atoms with Gasteiger partial charge in [-0.25, -0.2) is 8.42 Å². The lowest BCUT2D eigenvalue weighted by atomic mass is 10.2. The number of piperazine rings is 1. The molecule has 23 heavy (non-hydrogen) atoms. The van der Waals surface area contributed by atoms with Gasteiger partial charge in [0.05, 0.1) is 15.6 Å². The molecule has 0 radical (unpaired) electrons. The third kappa shape index (κ3) is 3.55. The van der Waals surface area contributed by atoms with Crippen molar-refractivity contribution in [1.82, 2.24) is 4.31 Å². The van der Waals surface area contributed by atoms with Crippen LogP contribution in [-0.4, -0.2) is 38.9 Å². The maximum absolute atomic E-state index is 12.7. The molecule has 3 rings (SSSR count). The Hall–Kier alpha value is -1.08. The Bertz CT molecular complexity index is 788. The Kier molecular flexibility index (Phi) is 4.96. The van der Waals surface area contributed by atoms with Gasteiger partial charge in [-0.05, 0) is 36.4 Å². The summed E-state index contributed by atoms with van der Waals surface area (Å²) in [7, 11) is -3.44. The molecule has 0 saturated carbocycles. The molecule has 1 aliphatic heterocycles. The van der Waals surface area contributed by atoms with Crippen LogP contribution in [0.4, 0.5) is 5.69 Å². The van der Waals surface area contributed by atoms with E-state index in [2.05, 4.69) is 20.8 Å². The first kappa shape index (κ1) is 16.8. The summed E-state index contributed by atoms with van der Waals surface area (Å²) in [6.07, 6.45) is 0. The van der Waals surface area contributed by atoms with E-state index in [0.29, 0.717) is 36.1 Å². The van der Waals surface area contributed by atoms with Crippen LogP contribution in [0.25, 0.3) is 0 Å². The van der Waals surface area contributed by atoms with Gasteiger partial charge in [0.1, 0.15) is 0 Å². The quantitative estimate of drug-likeness (QED) is 0.769. The summed E-state index contributed by atoms with van der Waals surface area (Å²) in [5.74, 6) is 0. The molecule has 1 heterocycles. The van der Waals surface area contributed by atoms with Crippen LogP contribution in [0.2, 0.25) is 5.02 Å². The van der Waals surface area contributed by atoms with Crippen LogP contribution in [0.5, 0.6) is 0 Å². The highest BCUT2D eigenvalue weighted by Gasteiger charge is 2.28. The van der Waals surface area contributed by atoms with Gasteiger partial charge in [0.25, 0.3) is 0 Å². The van der Waals surface area contributed by atoms with Crippen LogP contribution in [0.15, 0.2) is 57.9 Å². The highest BCUT2D eigenvalue weighted by atomic mass is 79.9. The number of rotatable bonds is 3. The van der Waals surface area contributed by atoms with Crippen LogP contribution in [-0.2, 0) is 10.0 Å². The fourth-order valence-corrected chi connectivity index (χ4v) is 4.57. The molecule has 0 aromatic heterocycles. The van der Waals surface area contributed by atoms with Crippen LogP contribution in [0.3, 0.4) is 0 Å². The summed E-state index contributed by atoms with van der Waals surface area (Å²) in [5, 5.41) is 0.691. The van der Waals surface area contributed by atoms with Gasteiger partial charge in [0.2, 0.25) is 10.0 Å². The Morgan fingerprint density at radius 2 is 1.52 bits per heavy atom. The van der Waals surface area contributed by atoms with Crippen molar-refractivity contribution in [3.63, 3.8) is 0 Å². The average Bonchev–Trinajstić information content (AvgIpc) is 2.56. The van der Waals surface area contributed by atoms with Crippen LogP contribution in [0.1, 0.15) is 0 Å². The molecule has 1 saturated heterocycles. The number of sulfonamides is 1. The first-order valence-electron chi connectivity index (χ1n) is 7.24. The van der Waals surface area contributed by atoms with Gasteiger partial charge in [-0.2, -0.15) is 4.31 Å². The zero-order valence-electron chi connectivity index (χ0n) is 12.3. The maximum atomic E-state index is 12.7. The van der Waals surface area contributed by atoms with E-state index in [4.69, 9.17) is 11.6 Å². The Morgan fingerprint density at radius 3 is 2.13 bits per heavy atom. The lowest BCUT2D eigenvalue weighted by molar-refractivity contribution is 0.385. The average molecular weight is 416 g/mol. The van der Waals surface area contributed by atoms with E-state index in [1.807, 2.05) is 24.3 Å². The van der Waals surface area contributed by atoms with Crippen LogP contribution >= 0.6 is 27.5 Å². The number of benzene rings is 2. The fourth-order valence-electron chi connectivity index (χ4n) is 2.63. The molecule has 0 aliphatic carbocycles. The third-order valence-electron chi connectivity index (χ3n) is 3.88. The molecule has 0 amide bonds. The molecule has 7 heteroatoms. The second-order valence-corrected chi connectivity index (χ2v) is 8.56. The zero-order valence-corrected chi connectivity index (χ0v) is 15.5. The maximum Gasteiger partial charge on any atom is 0.243 e. The van der Waals surface area contributed by atoms with Gasteiger partial charge >= 0.3 is 0 Å². The van der Waals surface area contributed by atoms with Gasteiger partial charge < -0.3 is 4.90 Å². The first-order chi connectivity index (χ1) is 11.0.